The maximum atomic E-state index is 11.2. The highest BCUT2D eigenvalue weighted by molar-refractivity contribution is 6.04. The molecule has 0 unspecified atom stereocenters. The summed E-state index contributed by atoms with van der Waals surface area (Å²) in [6, 6.07) is 7.18. The Labute approximate surface area is 123 Å². The van der Waals surface area contributed by atoms with E-state index in [1.807, 2.05) is 6.07 Å². The van der Waals surface area contributed by atoms with Gasteiger partial charge in [0.25, 0.3) is 0 Å². The van der Waals surface area contributed by atoms with Crippen LogP contribution in [0.2, 0.25) is 0 Å². The number of hydrogen-bond donors (Lipinski definition) is 1. The summed E-state index contributed by atoms with van der Waals surface area (Å²) in [6.45, 7) is 5.72. The van der Waals surface area contributed by atoms with Crippen molar-refractivity contribution in [2.24, 2.45) is 5.92 Å². The minimum absolute atomic E-state index is 0.175. The Bertz CT molecular complexity index is 625. The van der Waals surface area contributed by atoms with E-state index in [2.05, 4.69) is 18.8 Å². The molecule has 5 heteroatoms. The molecule has 21 heavy (non-hydrogen) atoms. The number of ether oxygens (including phenoxy) is 2. The smallest absolute Gasteiger partial charge is 0.337 e. The van der Waals surface area contributed by atoms with Crippen molar-refractivity contribution >= 4 is 16.7 Å². The van der Waals surface area contributed by atoms with Crippen LogP contribution in [0.5, 0.6) is 5.88 Å². The Morgan fingerprint density at radius 3 is 2.62 bits per heavy atom. The first-order valence-electron chi connectivity index (χ1n) is 6.91. The minimum Gasteiger partial charge on any atom is -0.478 e. The number of fused-ring (bicyclic) bond motifs is 1. The predicted octanol–water partition coefficient (Wildman–Crippen LogP) is 2.98. The molecule has 2 rings (SSSR count). The van der Waals surface area contributed by atoms with E-state index in [4.69, 9.17) is 9.47 Å². The molecule has 0 radical (unpaired) electrons. The van der Waals surface area contributed by atoms with Gasteiger partial charge in [-0.25, -0.2) is 9.78 Å². The number of carboxylic acid groups (broad SMARTS) is 1. The first-order valence-corrected chi connectivity index (χ1v) is 6.91. The Hall–Kier alpha value is -2.14. The molecule has 0 bridgehead atoms. The molecule has 0 atom stereocenters. The second-order valence-corrected chi connectivity index (χ2v) is 5.14. The number of nitrogens with zero attached hydrogens (tertiary/aromatic N) is 1. The fourth-order valence-corrected chi connectivity index (χ4v) is 1.97. The summed E-state index contributed by atoms with van der Waals surface area (Å²) in [5.74, 6) is -0.0759. The van der Waals surface area contributed by atoms with Crippen LogP contribution in [0.15, 0.2) is 30.5 Å². The quantitative estimate of drug-likeness (QED) is 0.794. The number of rotatable bonds is 7. The number of aromatic nitrogens is 1. The standard InChI is InChI=1S/C16H19NO4/c1-11(2)10-20-7-8-21-15-13-6-4-3-5-12(13)14(9-17-15)16(18)19/h3-6,9,11H,7-8,10H2,1-2H3,(H,18,19). The highest BCUT2D eigenvalue weighted by atomic mass is 16.5. The molecule has 0 aliphatic carbocycles. The average Bonchev–Trinajstić information content (AvgIpc) is 2.46. The molecule has 0 aliphatic rings. The zero-order chi connectivity index (χ0) is 15.2. The molecule has 0 saturated heterocycles. The highest BCUT2D eigenvalue weighted by Gasteiger charge is 2.12. The van der Waals surface area contributed by atoms with Crippen molar-refractivity contribution in [1.82, 2.24) is 4.98 Å². The third-order valence-corrected chi connectivity index (χ3v) is 2.91. The highest BCUT2D eigenvalue weighted by Crippen LogP contribution is 2.26. The zero-order valence-electron chi connectivity index (χ0n) is 12.2. The monoisotopic (exact) mass is 289 g/mol. The topological polar surface area (TPSA) is 68.7 Å². The van der Waals surface area contributed by atoms with Crippen molar-refractivity contribution in [2.75, 3.05) is 19.8 Å². The van der Waals surface area contributed by atoms with Crippen LogP contribution in [0.4, 0.5) is 0 Å². The SMILES string of the molecule is CC(C)COCCOc1ncc(C(=O)O)c2ccccc12. The summed E-state index contributed by atoms with van der Waals surface area (Å²) >= 11 is 0. The summed E-state index contributed by atoms with van der Waals surface area (Å²) in [5.41, 5.74) is 0.175. The first kappa shape index (κ1) is 15.3. The van der Waals surface area contributed by atoms with Gasteiger partial charge < -0.3 is 14.6 Å². The molecule has 0 fully saturated rings. The van der Waals surface area contributed by atoms with Crippen LogP contribution in [0.1, 0.15) is 24.2 Å². The van der Waals surface area contributed by atoms with Gasteiger partial charge in [-0.2, -0.15) is 0 Å². The summed E-state index contributed by atoms with van der Waals surface area (Å²) in [6.07, 6.45) is 1.33. The largest absolute Gasteiger partial charge is 0.478 e. The third-order valence-electron chi connectivity index (χ3n) is 2.91. The van der Waals surface area contributed by atoms with Crippen molar-refractivity contribution in [3.8, 4) is 5.88 Å². The molecule has 0 spiro atoms. The van der Waals surface area contributed by atoms with Crippen LogP contribution in [-0.4, -0.2) is 35.9 Å². The maximum absolute atomic E-state index is 11.2. The fourth-order valence-electron chi connectivity index (χ4n) is 1.97. The number of hydrogen-bond acceptors (Lipinski definition) is 4. The lowest BCUT2D eigenvalue weighted by Crippen LogP contribution is -2.11. The lowest BCUT2D eigenvalue weighted by molar-refractivity contribution is 0.0698. The second kappa shape index (κ2) is 7.04. The van der Waals surface area contributed by atoms with E-state index >= 15 is 0 Å². The van der Waals surface area contributed by atoms with Crippen molar-refractivity contribution < 1.29 is 19.4 Å². The van der Waals surface area contributed by atoms with Gasteiger partial charge in [-0.15, -0.1) is 0 Å². The van der Waals surface area contributed by atoms with E-state index in [1.54, 1.807) is 18.2 Å². The molecule has 1 N–H and O–H groups in total. The van der Waals surface area contributed by atoms with E-state index in [-0.39, 0.29) is 5.56 Å². The molecular weight excluding hydrogens is 270 g/mol. The minimum atomic E-state index is -0.995. The van der Waals surface area contributed by atoms with Crippen molar-refractivity contribution in [3.63, 3.8) is 0 Å². The number of carboxylic acids is 1. The Balaban J connectivity index is 2.11. The van der Waals surface area contributed by atoms with Gasteiger partial charge in [-0.1, -0.05) is 32.0 Å². The van der Waals surface area contributed by atoms with Crippen LogP contribution in [-0.2, 0) is 4.74 Å². The molecule has 1 aromatic heterocycles. The van der Waals surface area contributed by atoms with Gasteiger partial charge in [0.15, 0.2) is 0 Å². The van der Waals surface area contributed by atoms with Gasteiger partial charge in [-0.3, -0.25) is 0 Å². The molecule has 0 aliphatic heterocycles. The number of pyridine rings is 1. The summed E-state index contributed by atoms with van der Waals surface area (Å²) < 4.78 is 11.1. The molecule has 1 heterocycles. The maximum Gasteiger partial charge on any atom is 0.337 e. The first-order chi connectivity index (χ1) is 10.1. The molecule has 0 saturated carbocycles. The van der Waals surface area contributed by atoms with Crippen molar-refractivity contribution in [2.45, 2.75) is 13.8 Å². The molecule has 2 aromatic rings. The summed E-state index contributed by atoms with van der Waals surface area (Å²) in [4.78, 5) is 15.3. The van der Waals surface area contributed by atoms with Crippen LogP contribution in [0.3, 0.4) is 0 Å². The molecule has 5 nitrogen and oxygen atoms in total. The van der Waals surface area contributed by atoms with Gasteiger partial charge in [0.05, 0.1) is 12.2 Å². The van der Waals surface area contributed by atoms with Gasteiger partial charge in [0.1, 0.15) is 6.61 Å². The summed E-state index contributed by atoms with van der Waals surface area (Å²) in [5, 5.41) is 10.5. The van der Waals surface area contributed by atoms with Gasteiger partial charge in [0.2, 0.25) is 5.88 Å². The van der Waals surface area contributed by atoms with Crippen LogP contribution < -0.4 is 4.74 Å². The Morgan fingerprint density at radius 2 is 1.95 bits per heavy atom. The van der Waals surface area contributed by atoms with E-state index in [0.29, 0.717) is 42.4 Å². The number of benzene rings is 1. The lowest BCUT2D eigenvalue weighted by Gasteiger charge is -2.11. The normalized spacial score (nSPS) is 11.0. The van der Waals surface area contributed by atoms with Crippen LogP contribution >= 0.6 is 0 Å². The molecular formula is C16H19NO4. The van der Waals surface area contributed by atoms with Crippen molar-refractivity contribution in [3.05, 3.63) is 36.0 Å². The molecule has 1 aromatic carbocycles. The predicted molar refractivity (Wildman–Crippen MR) is 79.9 cm³/mol. The lowest BCUT2D eigenvalue weighted by atomic mass is 10.1. The van der Waals surface area contributed by atoms with E-state index in [1.165, 1.54) is 6.20 Å². The molecule has 0 amide bonds. The third kappa shape index (κ3) is 3.92. The molecule has 112 valence electrons. The second-order valence-electron chi connectivity index (χ2n) is 5.14. The number of carbonyl (C=O) groups is 1. The number of aromatic carboxylic acids is 1. The van der Waals surface area contributed by atoms with Crippen LogP contribution in [0, 0.1) is 5.92 Å². The van der Waals surface area contributed by atoms with Gasteiger partial charge in [0, 0.05) is 23.6 Å². The van der Waals surface area contributed by atoms with Crippen molar-refractivity contribution in [1.29, 1.82) is 0 Å². The average molecular weight is 289 g/mol. The van der Waals surface area contributed by atoms with E-state index in [9.17, 15) is 9.90 Å². The fraction of sp³-hybridized carbons (Fsp3) is 0.375. The van der Waals surface area contributed by atoms with Crippen LogP contribution in [0.25, 0.3) is 10.8 Å². The summed E-state index contributed by atoms with van der Waals surface area (Å²) in [7, 11) is 0. The van der Waals surface area contributed by atoms with Gasteiger partial charge >= 0.3 is 5.97 Å². The van der Waals surface area contributed by atoms with Gasteiger partial charge in [-0.05, 0) is 12.0 Å². The zero-order valence-corrected chi connectivity index (χ0v) is 12.2. The van der Waals surface area contributed by atoms with E-state index < -0.39 is 5.97 Å². The Morgan fingerprint density at radius 1 is 1.24 bits per heavy atom. The Kier molecular flexibility index (Phi) is 5.11. The van der Waals surface area contributed by atoms with E-state index in [0.717, 1.165) is 0 Å².